The molecule has 0 unspecified atom stereocenters. The highest BCUT2D eigenvalue weighted by atomic mass is 16.5. The van der Waals surface area contributed by atoms with Crippen LogP contribution < -0.4 is 5.56 Å². The van der Waals surface area contributed by atoms with E-state index in [2.05, 4.69) is 20.1 Å². The Labute approximate surface area is 172 Å². The van der Waals surface area contributed by atoms with Crippen LogP contribution in [-0.2, 0) is 12.1 Å². The van der Waals surface area contributed by atoms with Crippen molar-refractivity contribution in [3.8, 4) is 0 Å². The fourth-order valence-corrected chi connectivity index (χ4v) is 4.02. The quantitative estimate of drug-likeness (QED) is 0.558. The normalized spacial score (nSPS) is 21.0. The lowest BCUT2D eigenvalue weighted by atomic mass is 9.67. The molecule has 152 valence electrons. The Balaban J connectivity index is 1.33. The van der Waals surface area contributed by atoms with Gasteiger partial charge in [-0.05, 0) is 43.9 Å². The maximum absolute atomic E-state index is 12.8. The Morgan fingerprint density at radius 2 is 1.93 bits per heavy atom. The predicted molar refractivity (Wildman–Crippen MR) is 109 cm³/mol. The molecule has 1 fully saturated rings. The Hall–Kier alpha value is -3.39. The van der Waals surface area contributed by atoms with E-state index >= 15 is 0 Å². The van der Waals surface area contributed by atoms with Crippen molar-refractivity contribution in [1.82, 2.24) is 24.7 Å². The number of nitrogens with zero attached hydrogens (tertiary/aromatic N) is 5. The van der Waals surface area contributed by atoms with Crippen molar-refractivity contribution in [2.45, 2.75) is 44.8 Å². The molecule has 0 amide bonds. The molecule has 0 radical (unpaired) electrons. The molecule has 5 rings (SSSR count). The van der Waals surface area contributed by atoms with Crippen LogP contribution in [0.1, 0.15) is 47.2 Å². The molecule has 1 aliphatic rings. The lowest BCUT2D eigenvalue weighted by Crippen LogP contribution is -2.40. The molecule has 1 aliphatic carbocycles. The minimum absolute atomic E-state index is 0.0201. The van der Waals surface area contributed by atoms with Crippen LogP contribution in [0.3, 0.4) is 0 Å². The predicted octanol–water partition coefficient (Wildman–Crippen LogP) is 2.60. The summed E-state index contributed by atoms with van der Waals surface area (Å²) in [4.78, 5) is 25.6. The summed E-state index contributed by atoms with van der Waals surface area (Å²) < 4.78 is 6.81. The molecule has 3 heterocycles. The molecule has 0 atom stereocenters. The molecule has 8 heteroatoms. The smallest absolute Gasteiger partial charge is 0.263 e. The van der Waals surface area contributed by atoms with E-state index in [9.17, 15) is 9.90 Å². The zero-order valence-corrected chi connectivity index (χ0v) is 16.7. The molecule has 30 heavy (non-hydrogen) atoms. The zero-order chi connectivity index (χ0) is 20.9. The summed E-state index contributed by atoms with van der Waals surface area (Å²) in [5.74, 6) is 0.911. The van der Waals surface area contributed by atoms with Gasteiger partial charge in [-0.1, -0.05) is 35.0 Å². The highest BCUT2D eigenvalue weighted by molar-refractivity contribution is 5.76. The molecule has 8 nitrogen and oxygen atoms in total. The Bertz CT molecular complexity index is 1290. The first-order valence-electron chi connectivity index (χ1n) is 9.86. The fraction of sp³-hybridized carbons (Fsp3) is 0.318. The Kier molecular flexibility index (Phi) is 4.25. The van der Waals surface area contributed by atoms with E-state index in [-0.39, 0.29) is 18.0 Å². The van der Waals surface area contributed by atoms with Crippen LogP contribution in [0.15, 0.2) is 52.2 Å². The van der Waals surface area contributed by atoms with Crippen molar-refractivity contribution >= 4 is 11.0 Å². The van der Waals surface area contributed by atoms with E-state index in [0.717, 1.165) is 16.7 Å². The average Bonchev–Trinajstić information content (AvgIpc) is 3.16. The van der Waals surface area contributed by atoms with Gasteiger partial charge < -0.3 is 9.63 Å². The largest absolute Gasteiger partial charge is 0.385 e. The van der Waals surface area contributed by atoms with E-state index in [1.165, 1.54) is 10.9 Å². The highest BCUT2D eigenvalue weighted by Crippen LogP contribution is 2.50. The summed E-state index contributed by atoms with van der Waals surface area (Å²) in [6, 6.07) is 9.71. The van der Waals surface area contributed by atoms with Gasteiger partial charge in [-0.2, -0.15) is 4.98 Å². The highest BCUT2D eigenvalue weighted by Gasteiger charge is 2.46. The number of hydrogen-bond acceptors (Lipinski definition) is 7. The lowest BCUT2D eigenvalue weighted by molar-refractivity contribution is -0.0573. The molecule has 0 saturated heterocycles. The monoisotopic (exact) mass is 403 g/mol. The van der Waals surface area contributed by atoms with Crippen molar-refractivity contribution in [3.63, 3.8) is 0 Å². The van der Waals surface area contributed by atoms with Crippen molar-refractivity contribution in [3.05, 3.63) is 81.6 Å². The number of hydrogen-bond donors (Lipinski definition) is 1. The van der Waals surface area contributed by atoms with Gasteiger partial charge in [0.2, 0.25) is 5.89 Å². The van der Waals surface area contributed by atoms with Gasteiger partial charge >= 0.3 is 0 Å². The molecule has 0 bridgehead atoms. The molecular weight excluding hydrogens is 382 g/mol. The van der Waals surface area contributed by atoms with Gasteiger partial charge in [0.1, 0.15) is 12.9 Å². The first-order chi connectivity index (χ1) is 14.4. The summed E-state index contributed by atoms with van der Waals surface area (Å²) in [5, 5.41) is 15.4. The van der Waals surface area contributed by atoms with Crippen LogP contribution in [0.4, 0.5) is 0 Å². The summed E-state index contributed by atoms with van der Waals surface area (Å²) in [7, 11) is 0. The zero-order valence-electron chi connectivity index (χ0n) is 16.7. The first-order valence-corrected chi connectivity index (χ1v) is 9.86. The third-order valence-corrected chi connectivity index (χ3v) is 5.85. The van der Waals surface area contributed by atoms with Gasteiger partial charge in [0, 0.05) is 12.1 Å². The number of aliphatic hydroxyl groups is 1. The SMILES string of the molecule is Cc1ccc(C2(O)CC(c3noc(Cn4cnc5nccc(C)c5c4=O)n3)C2)cc1. The van der Waals surface area contributed by atoms with Crippen molar-refractivity contribution < 1.29 is 9.63 Å². The number of pyridine rings is 1. The van der Waals surface area contributed by atoms with Gasteiger partial charge in [-0.25, -0.2) is 9.97 Å². The number of fused-ring (bicyclic) bond motifs is 1. The van der Waals surface area contributed by atoms with E-state index in [1.807, 2.05) is 38.1 Å². The summed E-state index contributed by atoms with van der Waals surface area (Å²) in [6.07, 6.45) is 4.16. The third kappa shape index (κ3) is 3.09. The second kappa shape index (κ2) is 6.84. The van der Waals surface area contributed by atoms with Crippen LogP contribution in [-0.4, -0.2) is 29.8 Å². The molecule has 0 spiro atoms. The average molecular weight is 403 g/mol. The van der Waals surface area contributed by atoms with Crippen LogP contribution in [0, 0.1) is 13.8 Å². The number of rotatable bonds is 4. The van der Waals surface area contributed by atoms with E-state index < -0.39 is 5.60 Å². The second-order valence-electron chi connectivity index (χ2n) is 8.05. The maximum atomic E-state index is 12.8. The summed E-state index contributed by atoms with van der Waals surface area (Å²) >= 11 is 0. The molecule has 3 aromatic heterocycles. The first kappa shape index (κ1) is 18.6. The van der Waals surface area contributed by atoms with Crippen molar-refractivity contribution in [2.24, 2.45) is 0 Å². The molecular formula is C22H21N5O3. The second-order valence-corrected chi connectivity index (χ2v) is 8.05. The third-order valence-electron chi connectivity index (χ3n) is 5.85. The number of aryl methyl sites for hydroxylation is 2. The van der Waals surface area contributed by atoms with E-state index in [1.54, 1.807) is 12.3 Å². The number of benzene rings is 1. The Morgan fingerprint density at radius 1 is 1.17 bits per heavy atom. The topological polar surface area (TPSA) is 107 Å². The van der Waals surface area contributed by atoms with Crippen LogP contribution in [0.25, 0.3) is 11.0 Å². The maximum Gasteiger partial charge on any atom is 0.263 e. The van der Waals surface area contributed by atoms with Crippen LogP contribution >= 0.6 is 0 Å². The Morgan fingerprint density at radius 3 is 2.70 bits per heavy atom. The molecule has 4 aromatic rings. The van der Waals surface area contributed by atoms with Crippen molar-refractivity contribution in [2.75, 3.05) is 0 Å². The lowest BCUT2D eigenvalue weighted by Gasteiger charge is -2.42. The molecule has 1 aromatic carbocycles. The van der Waals surface area contributed by atoms with Gasteiger partial charge in [0.15, 0.2) is 11.5 Å². The fourth-order valence-electron chi connectivity index (χ4n) is 4.02. The van der Waals surface area contributed by atoms with Gasteiger partial charge in [-0.3, -0.25) is 9.36 Å². The molecule has 0 aliphatic heterocycles. The van der Waals surface area contributed by atoms with E-state index in [4.69, 9.17) is 4.52 Å². The summed E-state index contributed by atoms with van der Waals surface area (Å²) in [6.45, 7) is 4.01. The van der Waals surface area contributed by atoms with Crippen LogP contribution in [0.5, 0.6) is 0 Å². The van der Waals surface area contributed by atoms with Gasteiger partial charge in [0.25, 0.3) is 5.56 Å². The number of aromatic nitrogens is 5. The van der Waals surface area contributed by atoms with Crippen molar-refractivity contribution in [1.29, 1.82) is 0 Å². The molecule has 1 N–H and O–H groups in total. The summed E-state index contributed by atoms with van der Waals surface area (Å²) in [5.41, 5.74) is 2.26. The van der Waals surface area contributed by atoms with E-state index in [0.29, 0.717) is 35.6 Å². The molecule has 1 saturated carbocycles. The minimum Gasteiger partial charge on any atom is -0.385 e. The standard InChI is InChI=1S/C22H21N5O3/c1-13-3-5-16(6-4-13)22(29)9-15(10-22)19-25-17(30-26-19)11-27-12-24-20-18(21(27)28)14(2)7-8-23-20/h3-8,12,15,29H,9-11H2,1-2H3. The van der Waals surface area contributed by atoms with Gasteiger partial charge in [0.05, 0.1) is 11.0 Å². The van der Waals surface area contributed by atoms with Crippen LogP contribution in [0.2, 0.25) is 0 Å². The van der Waals surface area contributed by atoms with Gasteiger partial charge in [-0.15, -0.1) is 0 Å². The minimum atomic E-state index is -0.858.